The number of aliphatic carboxylic acids is 1. The minimum Gasteiger partial charge on any atom is -0.480 e. The van der Waals surface area contributed by atoms with E-state index in [1.807, 2.05) is 0 Å². The van der Waals surface area contributed by atoms with E-state index in [1.54, 1.807) is 0 Å². The molecule has 22 heavy (non-hydrogen) atoms. The molecule has 0 aromatic carbocycles. The molecule has 0 saturated heterocycles. The van der Waals surface area contributed by atoms with Gasteiger partial charge in [-0.1, -0.05) is 65.2 Å². The normalized spacial score (nSPS) is 12.9. The van der Waals surface area contributed by atoms with Crippen LogP contribution < -0.4 is 5.73 Å². The summed E-state index contributed by atoms with van der Waals surface area (Å²) in [6, 6.07) is 0. The van der Waals surface area contributed by atoms with Crippen molar-refractivity contribution in [3.63, 3.8) is 0 Å². The summed E-state index contributed by atoms with van der Waals surface area (Å²) in [5.74, 6) is -1.10. The van der Waals surface area contributed by atoms with E-state index >= 15 is 0 Å². The van der Waals surface area contributed by atoms with E-state index in [0.717, 1.165) is 25.7 Å². The van der Waals surface area contributed by atoms with Gasteiger partial charge in [0.1, 0.15) is 0 Å². The van der Waals surface area contributed by atoms with E-state index in [4.69, 9.17) is 10.8 Å². The molecule has 0 aliphatic carbocycles. The first kappa shape index (κ1) is 23.9. The molecule has 0 aliphatic rings. The van der Waals surface area contributed by atoms with Gasteiger partial charge >= 0.3 is 5.97 Å². The number of carboxylic acids is 1. The Labute approximate surface area is 146 Å². The number of carbonyl (C=O) groups is 2. The number of hydrogen-bond donors (Lipinski definition) is 4. The van der Waals surface area contributed by atoms with Crippen molar-refractivity contribution in [2.24, 2.45) is 5.73 Å². The van der Waals surface area contributed by atoms with Crippen molar-refractivity contribution in [2.75, 3.05) is 0 Å². The third-order valence-corrected chi connectivity index (χ3v) is 4.27. The average molecular weight is 352 g/mol. The van der Waals surface area contributed by atoms with Gasteiger partial charge in [-0.25, -0.2) is 0 Å². The third-order valence-electron chi connectivity index (χ3n) is 3.28. The Balaban J connectivity index is 0. The van der Waals surface area contributed by atoms with Gasteiger partial charge in [0, 0.05) is 0 Å². The zero-order chi connectivity index (χ0) is 17.4. The molecule has 0 bridgehead atoms. The van der Waals surface area contributed by atoms with Crippen LogP contribution in [0.25, 0.3) is 0 Å². The SMILES string of the molecule is CCCCCCC(S)C(=O)O.CCCCCCC(S)C(N)=O. The standard InChI is InChI=1S/C8H17NOS.C8H16O2S/c2*1-2-3-4-5-6-7(11)8(9)10/h7,11H,2-6H2,1H3,(H2,9,10);7,11H,2-6H2,1H3,(H,9,10). The first-order chi connectivity index (χ1) is 10.4. The van der Waals surface area contributed by atoms with E-state index in [-0.39, 0.29) is 11.2 Å². The zero-order valence-corrected chi connectivity index (χ0v) is 15.8. The number of unbranched alkanes of at least 4 members (excludes halogenated alkanes) is 6. The minimum atomic E-state index is -0.801. The molecule has 0 fully saturated rings. The summed E-state index contributed by atoms with van der Waals surface area (Å²) in [5.41, 5.74) is 5.04. The summed E-state index contributed by atoms with van der Waals surface area (Å²) in [4.78, 5) is 20.8. The molecular formula is C16H33NO3S2. The highest BCUT2D eigenvalue weighted by Crippen LogP contribution is 2.10. The van der Waals surface area contributed by atoms with Gasteiger partial charge in [0.15, 0.2) is 0 Å². The van der Waals surface area contributed by atoms with E-state index in [0.29, 0.717) is 6.42 Å². The van der Waals surface area contributed by atoms with Gasteiger partial charge in [-0.3, -0.25) is 9.59 Å². The number of nitrogens with two attached hydrogens (primary N) is 1. The van der Waals surface area contributed by atoms with Crippen LogP contribution in [0.3, 0.4) is 0 Å². The maximum Gasteiger partial charge on any atom is 0.316 e. The second kappa shape index (κ2) is 17.0. The van der Waals surface area contributed by atoms with Crippen molar-refractivity contribution in [1.29, 1.82) is 0 Å². The highest BCUT2D eigenvalue weighted by atomic mass is 32.1. The Bertz CT molecular complexity index is 261. The lowest BCUT2D eigenvalue weighted by molar-refractivity contribution is -0.136. The molecule has 0 aromatic heterocycles. The highest BCUT2D eigenvalue weighted by Gasteiger charge is 2.10. The lowest BCUT2D eigenvalue weighted by Gasteiger charge is -2.04. The Kier molecular flexibility index (Phi) is 18.5. The predicted molar refractivity (Wildman–Crippen MR) is 99.9 cm³/mol. The number of carboxylic acid groups (broad SMARTS) is 1. The summed E-state index contributed by atoms with van der Waals surface area (Å²) in [7, 11) is 0. The topological polar surface area (TPSA) is 80.4 Å². The van der Waals surface area contributed by atoms with E-state index < -0.39 is 11.2 Å². The highest BCUT2D eigenvalue weighted by molar-refractivity contribution is 7.82. The van der Waals surface area contributed by atoms with Crippen LogP contribution in [0.5, 0.6) is 0 Å². The van der Waals surface area contributed by atoms with Crippen molar-refractivity contribution in [2.45, 2.75) is 88.6 Å². The lowest BCUT2D eigenvalue weighted by atomic mass is 10.1. The van der Waals surface area contributed by atoms with Crippen LogP contribution in [0.2, 0.25) is 0 Å². The van der Waals surface area contributed by atoms with Gasteiger partial charge in [-0.15, -0.1) is 0 Å². The van der Waals surface area contributed by atoms with Crippen LogP contribution in [0.15, 0.2) is 0 Å². The zero-order valence-electron chi connectivity index (χ0n) is 14.0. The number of hydrogen-bond acceptors (Lipinski definition) is 4. The fraction of sp³-hybridized carbons (Fsp3) is 0.875. The van der Waals surface area contributed by atoms with E-state index in [1.165, 1.54) is 32.1 Å². The van der Waals surface area contributed by atoms with Crippen molar-refractivity contribution >= 4 is 37.1 Å². The Hall–Kier alpha value is -0.360. The van der Waals surface area contributed by atoms with Gasteiger partial charge in [0.2, 0.25) is 5.91 Å². The second-order valence-corrected chi connectivity index (χ2v) is 6.72. The average Bonchev–Trinajstić information content (AvgIpc) is 2.48. The van der Waals surface area contributed by atoms with Gasteiger partial charge in [-0.2, -0.15) is 25.3 Å². The number of rotatable bonds is 12. The number of carbonyl (C=O) groups excluding carboxylic acids is 1. The third kappa shape index (κ3) is 17.7. The second-order valence-electron chi connectivity index (χ2n) is 5.47. The van der Waals surface area contributed by atoms with Gasteiger partial charge in [0.05, 0.1) is 10.5 Å². The molecule has 0 saturated carbocycles. The quantitative estimate of drug-likeness (QED) is 0.316. The van der Waals surface area contributed by atoms with Crippen LogP contribution >= 0.6 is 25.3 Å². The van der Waals surface area contributed by atoms with E-state index in [2.05, 4.69) is 39.1 Å². The van der Waals surface area contributed by atoms with Gasteiger partial charge in [-0.05, 0) is 12.8 Å². The molecule has 0 heterocycles. The molecule has 3 N–H and O–H groups in total. The van der Waals surface area contributed by atoms with Crippen LogP contribution in [0.1, 0.15) is 78.1 Å². The molecule has 1 amide bonds. The smallest absolute Gasteiger partial charge is 0.316 e. The molecule has 132 valence electrons. The molecule has 6 heteroatoms. The number of primary amides is 1. The molecule has 2 unspecified atom stereocenters. The molecule has 0 rings (SSSR count). The van der Waals surface area contributed by atoms with Crippen LogP contribution in [0.4, 0.5) is 0 Å². The number of thiol groups is 2. The van der Waals surface area contributed by atoms with Crippen molar-refractivity contribution in [3.8, 4) is 0 Å². The first-order valence-electron chi connectivity index (χ1n) is 8.24. The first-order valence-corrected chi connectivity index (χ1v) is 9.28. The summed E-state index contributed by atoms with van der Waals surface area (Å²) in [6.45, 7) is 4.29. The summed E-state index contributed by atoms with van der Waals surface area (Å²) in [5, 5.41) is 7.75. The molecular weight excluding hydrogens is 318 g/mol. The molecule has 0 radical (unpaired) electrons. The molecule has 4 nitrogen and oxygen atoms in total. The lowest BCUT2D eigenvalue weighted by Crippen LogP contribution is -2.23. The monoisotopic (exact) mass is 351 g/mol. The van der Waals surface area contributed by atoms with E-state index in [9.17, 15) is 9.59 Å². The maximum atomic E-state index is 10.5. The molecule has 0 spiro atoms. The Morgan fingerprint density at radius 2 is 1.27 bits per heavy atom. The fourth-order valence-corrected chi connectivity index (χ4v) is 2.16. The predicted octanol–water partition coefficient (Wildman–Crippen LogP) is 4.08. The van der Waals surface area contributed by atoms with Crippen LogP contribution in [-0.4, -0.2) is 27.5 Å². The van der Waals surface area contributed by atoms with Gasteiger partial charge < -0.3 is 10.8 Å². The fourth-order valence-electron chi connectivity index (χ4n) is 1.79. The Morgan fingerprint density at radius 1 is 0.864 bits per heavy atom. The van der Waals surface area contributed by atoms with Gasteiger partial charge in [0.25, 0.3) is 0 Å². The van der Waals surface area contributed by atoms with Crippen molar-refractivity contribution in [3.05, 3.63) is 0 Å². The van der Waals surface area contributed by atoms with Crippen molar-refractivity contribution < 1.29 is 14.7 Å². The maximum absolute atomic E-state index is 10.5. The van der Waals surface area contributed by atoms with Crippen molar-refractivity contribution in [1.82, 2.24) is 0 Å². The van der Waals surface area contributed by atoms with Crippen LogP contribution in [0, 0.1) is 0 Å². The number of amides is 1. The summed E-state index contributed by atoms with van der Waals surface area (Å²) in [6.07, 6.45) is 10.7. The minimum absolute atomic E-state index is 0.244. The molecule has 0 aliphatic heterocycles. The molecule has 0 aromatic rings. The van der Waals surface area contributed by atoms with Crippen LogP contribution in [-0.2, 0) is 9.59 Å². The summed E-state index contributed by atoms with van der Waals surface area (Å²) >= 11 is 7.98. The molecule has 2 atom stereocenters. The Morgan fingerprint density at radius 3 is 1.59 bits per heavy atom. The largest absolute Gasteiger partial charge is 0.480 e. The summed E-state index contributed by atoms with van der Waals surface area (Å²) < 4.78 is 0.